The molecule has 0 aromatic heterocycles. The molecule has 0 spiro atoms. The minimum Gasteiger partial charge on any atom is -0.396 e. The van der Waals surface area contributed by atoms with E-state index in [4.69, 9.17) is 11.6 Å². The molecule has 152 valence electrons. The van der Waals surface area contributed by atoms with Crippen LogP contribution in [0.1, 0.15) is 50.4 Å². The third kappa shape index (κ3) is 7.77. The quantitative estimate of drug-likeness (QED) is 0.263. The number of nitrogens with zero attached hydrogens (tertiary/aromatic N) is 1. The molecule has 1 aromatic rings. The van der Waals surface area contributed by atoms with Crippen LogP contribution >= 0.6 is 11.6 Å². The number of aliphatic imine (C=N–C) groups is 1. The van der Waals surface area contributed by atoms with Crippen molar-refractivity contribution in [2.75, 3.05) is 32.8 Å². The van der Waals surface area contributed by atoms with Crippen LogP contribution in [-0.4, -0.2) is 49.8 Å². The lowest BCUT2D eigenvalue weighted by Crippen LogP contribution is -2.42. The Bertz CT molecular complexity index is 603. The molecule has 1 aromatic carbocycles. The van der Waals surface area contributed by atoms with Crippen LogP contribution in [0.2, 0.25) is 5.02 Å². The van der Waals surface area contributed by atoms with Crippen LogP contribution in [0, 0.1) is 5.41 Å². The van der Waals surface area contributed by atoms with Crippen molar-refractivity contribution in [1.29, 1.82) is 0 Å². The van der Waals surface area contributed by atoms with Gasteiger partial charge < -0.3 is 21.1 Å². The molecule has 1 rings (SSSR count). The van der Waals surface area contributed by atoms with Gasteiger partial charge in [0.05, 0.1) is 10.6 Å². The van der Waals surface area contributed by atoms with Gasteiger partial charge in [-0.1, -0.05) is 37.6 Å². The van der Waals surface area contributed by atoms with Crippen LogP contribution < -0.4 is 16.0 Å². The number of nitrogens with one attached hydrogen (secondary N) is 3. The molecular formula is C20H33ClN4O2. The Hall–Kier alpha value is -1.79. The van der Waals surface area contributed by atoms with E-state index in [2.05, 4.69) is 34.8 Å². The molecule has 0 aliphatic rings. The van der Waals surface area contributed by atoms with Crippen LogP contribution in [0.5, 0.6) is 0 Å². The summed E-state index contributed by atoms with van der Waals surface area (Å²) in [5.74, 6) is 0.525. The topological polar surface area (TPSA) is 85.8 Å². The van der Waals surface area contributed by atoms with E-state index in [1.165, 1.54) is 0 Å². The summed E-state index contributed by atoms with van der Waals surface area (Å²) in [4.78, 5) is 16.8. The average Bonchev–Trinajstić information content (AvgIpc) is 2.68. The number of aliphatic hydroxyl groups is 1. The number of carbonyl (C=O) groups excluding carboxylic acids is 1. The van der Waals surface area contributed by atoms with Crippen LogP contribution in [-0.2, 0) is 0 Å². The van der Waals surface area contributed by atoms with Gasteiger partial charge in [-0.2, -0.15) is 0 Å². The molecule has 1 amide bonds. The second-order valence-electron chi connectivity index (χ2n) is 6.54. The summed E-state index contributed by atoms with van der Waals surface area (Å²) >= 11 is 6.04. The van der Waals surface area contributed by atoms with E-state index in [0.717, 1.165) is 25.8 Å². The Labute approximate surface area is 167 Å². The van der Waals surface area contributed by atoms with E-state index in [9.17, 15) is 9.90 Å². The Morgan fingerprint density at radius 2 is 1.78 bits per heavy atom. The van der Waals surface area contributed by atoms with Crippen molar-refractivity contribution in [3.63, 3.8) is 0 Å². The predicted octanol–water partition coefficient (Wildman–Crippen LogP) is 2.81. The fraction of sp³-hybridized carbons (Fsp3) is 0.600. The lowest BCUT2D eigenvalue weighted by Gasteiger charge is -2.29. The summed E-state index contributed by atoms with van der Waals surface area (Å²) < 4.78 is 0. The van der Waals surface area contributed by atoms with Gasteiger partial charge >= 0.3 is 0 Å². The summed E-state index contributed by atoms with van der Waals surface area (Å²) in [5, 5.41) is 19.1. The maximum absolute atomic E-state index is 12.1. The number of hydrogen-bond acceptors (Lipinski definition) is 3. The highest BCUT2D eigenvalue weighted by atomic mass is 35.5. The van der Waals surface area contributed by atoms with Crippen molar-refractivity contribution in [1.82, 2.24) is 16.0 Å². The zero-order valence-corrected chi connectivity index (χ0v) is 17.4. The van der Waals surface area contributed by atoms with E-state index in [1.807, 2.05) is 6.92 Å². The summed E-state index contributed by atoms with van der Waals surface area (Å²) in [6, 6.07) is 6.98. The fourth-order valence-electron chi connectivity index (χ4n) is 2.83. The maximum Gasteiger partial charge on any atom is 0.252 e. The van der Waals surface area contributed by atoms with Crippen molar-refractivity contribution in [2.24, 2.45) is 10.4 Å². The number of halogens is 1. The monoisotopic (exact) mass is 396 g/mol. The van der Waals surface area contributed by atoms with Gasteiger partial charge in [-0.15, -0.1) is 0 Å². The third-order valence-corrected chi connectivity index (χ3v) is 5.21. The fourth-order valence-corrected chi connectivity index (χ4v) is 3.05. The van der Waals surface area contributed by atoms with Crippen LogP contribution in [0.4, 0.5) is 0 Å². The predicted molar refractivity (Wildman–Crippen MR) is 112 cm³/mol. The molecule has 0 saturated carbocycles. The first-order chi connectivity index (χ1) is 13.0. The van der Waals surface area contributed by atoms with Gasteiger partial charge in [0.1, 0.15) is 0 Å². The van der Waals surface area contributed by atoms with Crippen LogP contribution in [0.15, 0.2) is 29.3 Å². The smallest absolute Gasteiger partial charge is 0.252 e. The minimum absolute atomic E-state index is 0.0232. The number of carbonyl (C=O) groups is 1. The zero-order chi connectivity index (χ0) is 20.1. The second-order valence-corrected chi connectivity index (χ2v) is 6.95. The van der Waals surface area contributed by atoms with E-state index >= 15 is 0 Å². The average molecular weight is 397 g/mol. The van der Waals surface area contributed by atoms with Gasteiger partial charge in [0.2, 0.25) is 0 Å². The van der Waals surface area contributed by atoms with Gasteiger partial charge in [0.15, 0.2) is 5.96 Å². The van der Waals surface area contributed by atoms with E-state index in [-0.39, 0.29) is 17.9 Å². The van der Waals surface area contributed by atoms with Gasteiger partial charge in [0.25, 0.3) is 5.91 Å². The highest BCUT2D eigenvalue weighted by Gasteiger charge is 2.25. The van der Waals surface area contributed by atoms with Crippen LogP contribution in [0.3, 0.4) is 0 Å². The van der Waals surface area contributed by atoms with E-state index in [0.29, 0.717) is 36.2 Å². The summed E-state index contributed by atoms with van der Waals surface area (Å²) in [6.45, 7) is 8.88. The molecule has 0 unspecified atom stereocenters. The number of guanidine groups is 1. The number of benzene rings is 1. The third-order valence-electron chi connectivity index (χ3n) is 4.88. The van der Waals surface area contributed by atoms with Gasteiger partial charge in [-0.05, 0) is 43.7 Å². The number of amides is 1. The molecule has 7 heteroatoms. The van der Waals surface area contributed by atoms with E-state index in [1.54, 1.807) is 24.3 Å². The maximum atomic E-state index is 12.1. The molecule has 0 saturated heterocycles. The molecule has 0 heterocycles. The number of aliphatic hydroxyl groups excluding tert-OH is 1. The first-order valence-electron chi connectivity index (χ1n) is 9.67. The molecule has 27 heavy (non-hydrogen) atoms. The molecule has 0 bridgehead atoms. The zero-order valence-electron chi connectivity index (χ0n) is 16.6. The molecule has 0 fully saturated rings. The van der Waals surface area contributed by atoms with Gasteiger partial charge in [-0.25, -0.2) is 0 Å². The molecule has 6 nitrogen and oxygen atoms in total. The van der Waals surface area contributed by atoms with Crippen LogP contribution in [0.25, 0.3) is 0 Å². The summed E-state index contributed by atoms with van der Waals surface area (Å²) in [6.07, 6.45) is 2.69. The van der Waals surface area contributed by atoms with Crippen molar-refractivity contribution in [2.45, 2.75) is 40.0 Å². The number of rotatable bonds is 11. The normalized spacial score (nSPS) is 12.0. The molecule has 0 radical (unpaired) electrons. The number of hydrogen-bond donors (Lipinski definition) is 4. The Balaban J connectivity index is 2.55. The minimum atomic E-state index is -0.191. The highest BCUT2D eigenvalue weighted by molar-refractivity contribution is 6.33. The highest BCUT2D eigenvalue weighted by Crippen LogP contribution is 2.30. The Kier molecular flexibility index (Phi) is 10.8. The first kappa shape index (κ1) is 23.2. The summed E-state index contributed by atoms with van der Waals surface area (Å²) in [7, 11) is 0. The standard InChI is InChI=1S/C20H33ClN4O2/c1-4-20(5-2,11-14-26)15-25-19(22-6-3)24-13-12-23-18(27)16-9-7-8-10-17(16)21/h7-10,26H,4-6,11-15H2,1-3H3,(H,23,27)(H2,22,24,25). The molecule has 0 atom stereocenters. The molecule has 0 aliphatic heterocycles. The SMILES string of the molecule is CCNC(=NCC(CC)(CC)CCO)NCCNC(=O)c1ccccc1Cl. The van der Waals surface area contributed by atoms with Crippen molar-refractivity contribution in [3.8, 4) is 0 Å². The van der Waals surface area contributed by atoms with Gasteiger partial charge in [-0.3, -0.25) is 9.79 Å². The molecular weight excluding hydrogens is 364 g/mol. The van der Waals surface area contributed by atoms with Gasteiger partial charge in [0, 0.05) is 32.8 Å². The second kappa shape index (κ2) is 12.6. The van der Waals surface area contributed by atoms with Crippen molar-refractivity contribution >= 4 is 23.5 Å². The molecule has 4 N–H and O–H groups in total. The van der Waals surface area contributed by atoms with Crippen molar-refractivity contribution in [3.05, 3.63) is 34.9 Å². The molecule has 0 aliphatic carbocycles. The largest absolute Gasteiger partial charge is 0.396 e. The Morgan fingerprint density at radius 3 is 2.37 bits per heavy atom. The van der Waals surface area contributed by atoms with E-state index < -0.39 is 0 Å². The Morgan fingerprint density at radius 1 is 1.11 bits per heavy atom. The van der Waals surface area contributed by atoms with Crippen molar-refractivity contribution < 1.29 is 9.90 Å². The summed E-state index contributed by atoms with van der Waals surface area (Å²) in [5.41, 5.74) is 0.495. The first-order valence-corrected chi connectivity index (χ1v) is 10.1. The lowest BCUT2D eigenvalue weighted by molar-refractivity contribution is 0.0954. The lowest BCUT2D eigenvalue weighted by atomic mass is 9.79.